The average Bonchev–Trinajstić information content (AvgIpc) is 2.73. The minimum atomic E-state index is -3.86. The van der Waals surface area contributed by atoms with Gasteiger partial charge in [0, 0.05) is 23.1 Å². The molecule has 1 heterocycles. The van der Waals surface area contributed by atoms with Gasteiger partial charge >= 0.3 is 0 Å². The molecule has 1 atom stereocenters. The summed E-state index contributed by atoms with van der Waals surface area (Å²) in [6, 6.07) is 0. The van der Waals surface area contributed by atoms with Crippen LogP contribution >= 0.6 is 10.7 Å². The van der Waals surface area contributed by atoms with E-state index < -0.39 is 9.05 Å². The Labute approximate surface area is 126 Å². The fourth-order valence-corrected chi connectivity index (χ4v) is 3.20. The van der Waals surface area contributed by atoms with Crippen LogP contribution in [0.4, 0.5) is 0 Å². The van der Waals surface area contributed by atoms with E-state index in [1.54, 1.807) is 4.57 Å². The average molecular weight is 322 g/mol. The molecular weight excluding hydrogens is 298 g/mol. The summed E-state index contributed by atoms with van der Waals surface area (Å²) < 4.78 is 24.9. The van der Waals surface area contributed by atoms with Crippen LogP contribution in [-0.4, -0.2) is 23.2 Å². The Morgan fingerprint density at radius 2 is 1.90 bits per heavy atom. The lowest BCUT2D eigenvalue weighted by atomic mass is 9.98. The molecule has 1 aromatic heterocycles. The van der Waals surface area contributed by atoms with E-state index in [1.165, 1.54) is 0 Å². The van der Waals surface area contributed by atoms with Gasteiger partial charge in [-0.1, -0.05) is 40.5 Å². The van der Waals surface area contributed by atoms with Gasteiger partial charge in [0.2, 0.25) is 0 Å². The van der Waals surface area contributed by atoms with Gasteiger partial charge in [-0.2, -0.15) is 0 Å². The van der Waals surface area contributed by atoms with Crippen LogP contribution in [0.15, 0.2) is 5.16 Å². The quantitative estimate of drug-likeness (QED) is 0.687. The van der Waals surface area contributed by atoms with Gasteiger partial charge in [0.25, 0.3) is 14.2 Å². The molecule has 20 heavy (non-hydrogen) atoms. The van der Waals surface area contributed by atoms with Gasteiger partial charge in [-0.15, -0.1) is 10.2 Å². The lowest BCUT2D eigenvalue weighted by Gasteiger charge is -2.17. The maximum atomic E-state index is 11.6. The SMILES string of the molecule is CCCCC(CC)c1nnc(S(=O)(=O)Cl)n1CC(C)C. The number of unbranched alkanes of at least 4 members (excludes halogenated alkanes) is 1. The van der Waals surface area contributed by atoms with E-state index in [1.807, 2.05) is 13.8 Å². The van der Waals surface area contributed by atoms with Crippen molar-refractivity contribution >= 4 is 19.7 Å². The maximum absolute atomic E-state index is 11.6. The van der Waals surface area contributed by atoms with Gasteiger partial charge in [0.15, 0.2) is 0 Å². The molecule has 0 aromatic carbocycles. The summed E-state index contributed by atoms with van der Waals surface area (Å²) in [5.41, 5.74) is 0. The number of aromatic nitrogens is 3. The fourth-order valence-electron chi connectivity index (χ4n) is 2.29. The molecule has 0 aliphatic carbocycles. The van der Waals surface area contributed by atoms with E-state index in [0.29, 0.717) is 12.5 Å². The van der Waals surface area contributed by atoms with Crippen molar-refractivity contribution in [2.75, 3.05) is 0 Å². The number of hydrogen-bond acceptors (Lipinski definition) is 4. The Kier molecular flexibility index (Phi) is 6.45. The van der Waals surface area contributed by atoms with Crippen LogP contribution in [0.1, 0.15) is 65.1 Å². The molecule has 1 aromatic rings. The number of nitrogens with zero attached hydrogens (tertiary/aromatic N) is 3. The summed E-state index contributed by atoms with van der Waals surface area (Å²) in [5, 5.41) is 7.79. The van der Waals surface area contributed by atoms with E-state index in [2.05, 4.69) is 24.0 Å². The zero-order chi connectivity index (χ0) is 15.3. The zero-order valence-corrected chi connectivity index (χ0v) is 14.2. The Bertz CT molecular complexity index is 526. The Balaban J connectivity index is 3.21. The standard InChI is InChI=1S/C13H24ClN3O2S/c1-5-7-8-11(6-2)12-15-16-13(20(14,18)19)17(12)9-10(3)4/h10-11H,5-9H2,1-4H3. The molecular formula is C13H24ClN3O2S. The van der Waals surface area contributed by atoms with Crippen molar-refractivity contribution in [3.05, 3.63) is 5.82 Å². The van der Waals surface area contributed by atoms with E-state index in [4.69, 9.17) is 10.7 Å². The molecule has 116 valence electrons. The molecule has 0 saturated carbocycles. The number of rotatable bonds is 8. The van der Waals surface area contributed by atoms with Crippen molar-refractivity contribution in [2.45, 2.75) is 71.0 Å². The first kappa shape index (κ1) is 17.4. The third kappa shape index (κ3) is 4.45. The normalized spacial score (nSPS) is 13.9. The van der Waals surface area contributed by atoms with Crippen LogP contribution < -0.4 is 0 Å². The largest absolute Gasteiger partial charge is 0.300 e. The van der Waals surface area contributed by atoms with E-state index >= 15 is 0 Å². The molecule has 0 radical (unpaired) electrons. The molecule has 0 N–H and O–H groups in total. The van der Waals surface area contributed by atoms with Gasteiger partial charge in [0.05, 0.1) is 0 Å². The van der Waals surface area contributed by atoms with Gasteiger partial charge < -0.3 is 4.57 Å². The first-order chi connectivity index (χ1) is 9.31. The number of halogens is 1. The summed E-state index contributed by atoms with van der Waals surface area (Å²) in [6.45, 7) is 8.85. The molecule has 0 saturated heterocycles. The zero-order valence-electron chi connectivity index (χ0n) is 12.6. The smallest absolute Gasteiger partial charge is 0.296 e. The van der Waals surface area contributed by atoms with Crippen LogP contribution in [0.5, 0.6) is 0 Å². The minimum absolute atomic E-state index is 0.127. The first-order valence-corrected chi connectivity index (χ1v) is 9.49. The van der Waals surface area contributed by atoms with Crippen molar-refractivity contribution in [3.8, 4) is 0 Å². The molecule has 0 spiro atoms. The highest BCUT2D eigenvalue weighted by molar-refractivity contribution is 8.13. The van der Waals surface area contributed by atoms with Crippen molar-refractivity contribution in [2.24, 2.45) is 5.92 Å². The summed E-state index contributed by atoms with van der Waals surface area (Å²) in [5.74, 6) is 1.27. The Morgan fingerprint density at radius 1 is 1.25 bits per heavy atom. The van der Waals surface area contributed by atoms with Crippen molar-refractivity contribution in [1.82, 2.24) is 14.8 Å². The summed E-state index contributed by atoms with van der Waals surface area (Å²) >= 11 is 0. The molecule has 1 rings (SSSR count). The van der Waals surface area contributed by atoms with Gasteiger partial charge in [-0.3, -0.25) is 0 Å². The van der Waals surface area contributed by atoms with Gasteiger partial charge in [0.1, 0.15) is 5.82 Å². The Hall–Kier alpha value is -0.620. The molecule has 0 aliphatic rings. The lowest BCUT2D eigenvalue weighted by Crippen LogP contribution is -2.16. The molecule has 0 aliphatic heterocycles. The third-order valence-electron chi connectivity index (χ3n) is 3.28. The maximum Gasteiger partial charge on any atom is 0.296 e. The second-order valence-electron chi connectivity index (χ2n) is 5.53. The topological polar surface area (TPSA) is 64.8 Å². The predicted molar refractivity (Wildman–Crippen MR) is 80.5 cm³/mol. The second kappa shape index (κ2) is 7.41. The lowest BCUT2D eigenvalue weighted by molar-refractivity contribution is 0.441. The van der Waals surface area contributed by atoms with Crippen LogP contribution in [0.3, 0.4) is 0 Å². The van der Waals surface area contributed by atoms with E-state index in [-0.39, 0.29) is 11.1 Å². The summed E-state index contributed by atoms with van der Waals surface area (Å²) in [4.78, 5) is 0. The molecule has 5 nitrogen and oxygen atoms in total. The van der Waals surface area contributed by atoms with Gasteiger partial charge in [-0.05, 0) is 18.8 Å². The molecule has 0 fully saturated rings. The molecule has 0 amide bonds. The highest BCUT2D eigenvalue weighted by atomic mass is 35.7. The molecule has 0 bridgehead atoms. The van der Waals surface area contributed by atoms with Crippen molar-refractivity contribution in [3.63, 3.8) is 0 Å². The Morgan fingerprint density at radius 3 is 2.35 bits per heavy atom. The second-order valence-corrected chi connectivity index (χ2v) is 7.99. The van der Waals surface area contributed by atoms with E-state index in [0.717, 1.165) is 31.5 Å². The van der Waals surface area contributed by atoms with Crippen LogP contribution in [0.2, 0.25) is 0 Å². The fraction of sp³-hybridized carbons (Fsp3) is 0.846. The number of hydrogen-bond donors (Lipinski definition) is 0. The minimum Gasteiger partial charge on any atom is -0.300 e. The highest BCUT2D eigenvalue weighted by Gasteiger charge is 2.26. The van der Waals surface area contributed by atoms with Crippen LogP contribution in [0, 0.1) is 5.92 Å². The first-order valence-electron chi connectivity index (χ1n) is 7.18. The summed E-state index contributed by atoms with van der Waals surface area (Å²) in [6.07, 6.45) is 4.11. The van der Waals surface area contributed by atoms with E-state index in [9.17, 15) is 8.42 Å². The van der Waals surface area contributed by atoms with Crippen LogP contribution in [0.25, 0.3) is 0 Å². The third-order valence-corrected chi connectivity index (χ3v) is 4.43. The molecule has 7 heteroatoms. The predicted octanol–water partition coefficient (Wildman–Crippen LogP) is 3.55. The van der Waals surface area contributed by atoms with Crippen molar-refractivity contribution < 1.29 is 8.42 Å². The van der Waals surface area contributed by atoms with Crippen molar-refractivity contribution in [1.29, 1.82) is 0 Å². The van der Waals surface area contributed by atoms with Crippen LogP contribution in [-0.2, 0) is 15.6 Å². The highest BCUT2D eigenvalue weighted by Crippen LogP contribution is 2.27. The van der Waals surface area contributed by atoms with Gasteiger partial charge in [-0.25, -0.2) is 8.42 Å². The summed E-state index contributed by atoms with van der Waals surface area (Å²) in [7, 11) is 1.60. The molecule has 1 unspecified atom stereocenters. The monoisotopic (exact) mass is 321 g/mol.